The number of hydrogen-bond acceptors (Lipinski definition) is 3. The second-order valence-corrected chi connectivity index (χ2v) is 5.02. The average Bonchev–Trinajstić information content (AvgIpc) is 2.76. The van der Waals surface area contributed by atoms with E-state index in [2.05, 4.69) is 11.8 Å². The van der Waals surface area contributed by atoms with E-state index in [-0.39, 0.29) is 24.1 Å². The van der Waals surface area contributed by atoms with Crippen LogP contribution < -0.4 is 0 Å². The molecule has 2 N–H and O–H groups in total. The maximum Gasteiger partial charge on any atom is 0.303 e. The third-order valence-corrected chi connectivity index (χ3v) is 3.70. The number of aliphatic carboxylic acids is 1. The second kappa shape index (κ2) is 5.40. The summed E-state index contributed by atoms with van der Waals surface area (Å²) < 4.78 is 0. The molecule has 0 saturated carbocycles. The molecular weight excluding hydrogens is 230 g/mol. The van der Waals surface area contributed by atoms with E-state index in [1.165, 1.54) is 0 Å². The van der Waals surface area contributed by atoms with Crippen LogP contribution >= 0.6 is 0 Å². The number of rotatable bonds is 4. The fourth-order valence-electron chi connectivity index (χ4n) is 2.59. The van der Waals surface area contributed by atoms with Gasteiger partial charge < -0.3 is 10.2 Å². The van der Waals surface area contributed by atoms with E-state index in [0.29, 0.717) is 0 Å². The molecule has 1 aromatic carbocycles. The first kappa shape index (κ1) is 12.9. The van der Waals surface area contributed by atoms with E-state index < -0.39 is 5.97 Å². The maximum atomic E-state index is 10.7. The Bertz CT molecular complexity index is 416. The van der Waals surface area contributed by atoms with Gasteiger partial charge in [0.25, 0.3) is 0 Å². The number of benzene rings is 1. The van der Waals surface area contributed by atoms with Gasteiger partial charge in [-0.3, -0.25) is 9.69 Å². The zero-order chi connectivity index (χ0) is 13.1. The van der Waals surface area contributed by atoms with Crippen LogP contribution in [0.15, 0.2) is 24.3 Å². The van der Waals surface area contributed by atoms with Gasteiger partial charge in [0.05, 0.1) is 0 Å². The van der Waals surface area contributed by atoms with Crippen LogP contribution in [0.1, 0.15) is 31.4 Å². The minimum absolute atomic E-state index is 0.263. The molecule has 2 rings (SSSR count). The monoisotopic (exact) mass is 249 g/mol. The van der Waals surface area contributed by atoms with Gasteiger partial charge in [-0.2, -0.15) is 0 Å². The van der Waals surface area contributed by atoms with Gasteiger partial charge in [-0.25, -0.2) is 0 Å². The van der Waals surface area contributed by atoms with Crippen LogP contribution in [0.2, 0.25) is 0 Å². The van der Waals surface area contributed by atoms with Crippen molar-refractivity contribution >= 4 is 5.97 Å². The fraction of sp³-hybridized carbons (Fsp3) is 0.500. The smallest absolute Gasteiger partial charge is 0.303 e. The standard InChI is InChI=1S/C14H19NO3/c1-10(12-2-4-13(16)5-3-12)15-7-6-11(9-15)8-14(17)18/h2-5,10-11,16H,6-9H2,1H3,(H,17,18). The summed E-state index contributed by atoms with van der Waals surface area (Å²) in [6.07, 6.45) is 1.22. The molecule has 1 heterocycles. The Morgan fingerprint density at radius 3 is 2.72 bits per heavy atom. The van der Waals surface area contributed by atoms with E-state index in [1.54, 1.807) is 12.1 Å². The zero-order valence-corrected chi connectivity index (χ0v) is 10.5. The molecule has 4 nitrogen and oxygen atoms in total. The first-order valence-corrected chi connectivity index (χ1v) is 6.31. The van der Waals surface area contributed by atoms with E-state index >= 15 is 0 Å². The van der Waals surface area contributed by atoms with Gasteiger partial charge in [0.15, 0.2) is 0 Å². The van der Waals surface area contributed by atoms with Crippen LogP contribution in [0, 0.1) is 5.92 Å². The first-order valence-electron chi connectivity index (χ1n) is 6.31. The second-order valence-electron chi connectivity index (χ2n) is 5.02. The Kier molecular flexibility index (Phi) is 3.87. The Labute approximate surface area is 107 Å². The van der Waals surface area contributed by atoms with Crippen LogP contribution in [0.25, 0.3) is 0 Å². The van der Waals surface area contributed by atoms with Crippen LogP contribution in [0.5, 0.6) is 5.75 Å². The third-order valence-electron chi connectivity index (χ3n) is 3.70. The molecule has 0 aromatic heterocycles. The molecule has 1 fully saturated rings. The fourth-order valence-corrected chi connectivity index (χ4v) is 2.59. The van der Waals surface area contributed by atoms with E-state index in [0.717, 1.165) is 25.1 Å². The highest BCUT2D eigenvalue weighted by Gasteiger charge is 2.27. The molecule has 0 aliphatic carbocycles. The van der Waals surface area contributed by atoms with E-state index in [9.17, 15) is 9.90 Å². The highest BCUT2D eigenvalue weighted by molar-refractivity contribution is 5.67. The van der Waals surface area contributed by atoms with Crippen molar-refractivity contribution in [3.63, 3.8) is 0 Å². The minimum atomic E-state index is -0.709. The van der Waals surface area contributed by atoms with Crippen LogP contribution in [-0.2, 0) is 4.79 Å². The molecule has 18 heavy (non-hydrogen) atoms. The number of phenols is 1. The summed E-state index contributed by atoms with van der Waals surface area (Å²) in [4.78, 5) is 13.0. The van der Waals surface area contributed by atoms with Crippen molar-refractivity contribution in [2.75, 3.05) is 13.1 Å². The van der Waals surface area contributed by atoms with Crippen molar-refractivity contribution in [1.82, 2.24) is 4.90 Å². The molecule has 1 aliphatic heterocycles. The molecule has 98 valence electrons. The summed E-state index contributed by atoms with van der Waals surface area (Å²) in [6.45, 7) is 3.91. The number of carbonyl (C=O) groups is 1. The van der Waals surface area contributed by atoms with Gasteiger partial charge >= 0.3 is 5.97 Å². The van der Waals surface area contributed by atoms with Gasteiger partial charge in [0.1, 0.15) is 5.75 Å². The third kappa shape index (κ3) is 3.01. The number of carboxylic acids is 1. The first-order chi connectivity index (χ1) is 8.56. The van der Waals surface area contributed by atoms with Gasteiger partial charge in [0, 0.05) is 19.0 Å². The maximum absolute atomic E-state index is 10.7. The van der Waals surface area contributed by atoms with Crippen LogP contribution in [-0.4, -0.2) is 34.2 Å². The molecule has 0 radical (unpaired) electrons. The van der Waals surface area contributed by atoms with Gasteiger partial charge in [-0.05, 0) is 43.5 Å². The molecule has 0 amide bonds. The Balaban J connectivity index is 1.96. The predicted molar refractivity (Wildman–Crippen MR) is 68.5 cm³/mol. The number of hydrogen-bond donors (Lipinski definition) is 2. The Morgan fingerprint density at radius 2 is 2.11 bits per heavy atom. The van der Waals surface area contributed by atoms with Crippen molar-refractivity contribution in [2.24, 2.45) is 5.92 Å². The number of carboxylic acid groups (broad SMARTS) is 1. The van der Waals surface area contributed by atoms with Crippen molar-refractivity contribution in [3.8, 4) is 5.75 Å². The molecule has 1 aliphatic rings. The molecule has 0 spiro atoms. The SMILES string of the molecule is CC(c1ccc(O)cc1)N1CCC(CC(=O)O)C1. The minimum Gasteiger partial charge on any atom is -0.508 e. The average molecular weight is 249 g/mol. The number of aromatic hydroxyl groups is 1. The molecule has 1 saturated heterocycles. The van der Waals surface area contributed by atoms with Crippen LogP contribution in [0.4, 0.5) is 0 Å². The Hall–Kier alpha value is -1.55. The molecule has 4 heteroatoms. The predicted octanol–water partition coefficient (Wildman–Crippen LogP) is 2.25. The normalized spacial score (nSPS) is 21.9. The molecule has 1 aromatic rings. The van der Waals surface area contributed by atoms with Crippen molar-refractivity contribution < 1.29 is 15.0 Å². The highest BCUT2D eigenvalue weighted by atomic mass is 16.4. The van der Waals surface area contributed by atoms with Crippen molar-refractivity contribution in [2.45, 2.75) is 25.8 Å². The number of nitrogens with zero attached hydrogens (tertiary/aromatic N) is 1. The van der Waals surface area contributed by atoms with E-state index in [4.69, 9.17) is 5.11 Å². The zero-order valence-electron chi connectivity index (χ0n) is 10.5. The van der Waals surface area contributed by atoms with Crippen molar-refractivity contribution in [1.29, 1.82) is 0 Å². The molecule has 0 bridgehead atoms. The quantitative estimate of drug-likeness (QED) is 0.859. The van der Waals surface area contributed by atoms with Gasteiger partial charge in [0.2, 0.25) is 0 Å². The Morgan fingerprint density at radius 1 is 1.44 bits per heavy atom. The molecule has 2 atom stereocenters. The molecule has 2 unspecified atom stereocenters. The lowest BCUT2D eigenvalue weighted by Crippen LogP contribution is -2.24. The summed E-state index contributed by atoms with van der Waals surface area (Å²) in [5.74, 6) is -0.169. The van der Waals surface area contributed by atoms with Crippen LogP contribution in [0.3, 0.4) is 0 Å². The van der Waals surface area contributed by atoms with Crippen molar-refractivity contribution in [3.05, 3.63) is 29.8 Å². The summed E-state index contributed by atoms with van der Waals surface area (Å²) in [5.41, 5.74) is 1.16. The number of phenolic OH excluding ortho intramolecular Hbond substituents is 1. The largest absolute Gasteiger partial charge is 0.508 e. The summed E-state index contributed by atoms with van der Waals surface area (Å²) in [7, 11) is 0. The lowest BCUT2D eigenvalue weighted by Gasteiger charge is -2.24. The summed E-state index contributed by atoms with van der Waals surface area (Å²) >= 11 is 0. The highest BCUT2D eigenvalue weighted by Crippen LogP contribution is 2.29. The van der Waals surface area contributed by atoms with Gasteiger partial charge in [-0.1, -0.05) is 12.1 Å². The lowest BCUT2D eigenvalue weighted by atomic mass is 10.0. The lowest BCUT2D eigenvalue weighted by molar-refractivity contribution is -0.138. The molecular formula is C14H19NO3. The number of likely N-dealkylation sites (tertiary alicyclic amines) is 1. The summed E-state index contributed by atoms with van der Waals surface area (Å²) in [5, 5.41) is 18.1. The van der Waals surface area contributed by atoms with Gasteiger partial charge in [-0.15, -0.1) is 0 Å². The topological polar surface area (TPSA) is 60.8 Å². The van der Waals surface area contributed by atoms with E-state index in [1.807, 2.05) is 12.1 Å². The summed E-state index contributed by atoms with van der Waals surface area (Å²) in [6, 6.07) is 7.49.